The number of carbonyl (C=O) groups excluding carboxylic acids is 1. The highest BCUT2D eigenvalue weighted by Crippen LogP contribution is 2.38. The Morgan fingerprint density at radius 1 is 0.585 bits per heavy atom. The summed E-state index contributed by atoms with van der Waals surface area (Å²) in [6.07, 6.45) is 42.9. The molecule has 8 nitrogen and oxygen atoms in total. The highest BCUT2D eigenvalue weighted by molar-refractivity contribution is 7.45. The first kappa shape index (κ1) is 51.8. The third kappa shape index (κ3) is 41.8. The number of allylic oxidation sites excluding steroid dienone is 3. The molecule has 9 heteroatoms. The van der Waals surface area contributed by atoms with Crippen LogP contribution in [0, 0.1) is 0 Å². The SMILES string of the molecule is CCCCCCCC/C=C\CCCCCCCC(=O)OCC(COP(=O)([O-])OCC[N+](C)(C)C)O/C=C\CCCCCCCCCCCCCCCC. The zero-order valence-electron chi connectivity index (χ0n) is 35.5. The zero-order valence-corrected chi connectivity index (χ0v) is 36.4. The van der Waals surface area contributed by atoms with Crippen LogP contribution in [0.5, 0.6) is 0 Å². The molecule has 314 valence electrons. The average Bonchev–Trinajstić information content (AvgIpc) is 3.11. The first-order valence-corrected chi connectivity index (χ1v) is 23.6. The van der Waals surface area contributed by atoms with Gasteiger partial charge in [-0.25, -0.2) is 0 Å². The molecule has 0 aromatic heterocycles. The van der Waals surface area contributed by atoms with Crippen molar-refractivity contribution in [2.24, 2.45) is 0 Å². The number of phosphoric acid groups is 1. The normalized spacial score (nSPS) is 13.9. The molecule has 0 heterocycles. The van der Waals surface area contributed by atoms with Crippen molar-refractivity contribution in [3.05, 3.63) is 24.5 Å². The summed E-state index contributed by atoms with van der Waals surface area (Å²) in [7, 11) is 1.36. The molecule has 2 unspecified atom stereocenters. The first-order valence-electron chi connectivity index (χ1n) is 22.1. The lowest BCUT2D eigenvalue weighted by Gasteiger charge is -2.28. The number of unbranched alkanes of at least 4 members (excludes halogenated alkanes) is 25. The Balaban J connectivity index is 4.28. The van der Waals surface area contributed by atoms with Gasteiger partial charge in [0.25, 0.3) is 7.82 Å². The number of carbonyl (C=O) groups is 1. The van der Waals surface area contributed by atoms with Crippen LogP contribution >= 0.6 is 7.82 Å². The number of nitrogens with zero attached hydrogens (tertiary/aromatic N) is 1. The minimum Gasteiger partial charge on any atom is -0.756 e. The Labute approximate surface area is 328 Å². The number of hydrogen-bond donors (Lipinski definition) is 0. The van der Waals surface area contributed by atoms with E-state index in [2.05, 4.69) is 26.0 Å². The summed E-state index contributed by atoms with van der Waals surface area (Å²) in [5.41, 5.74) is 0. The summed E-state index contributed by atoms with van der Waals surface area (Å²) >= 11 is 0. The second-order valence-electron chi connectivity index (χ2n) is 16.1. The van der Waals surface area contributed by atoms with E-state index in [-0.39, 0.29) is 25.8 Å². The van der Waals surface area contributed by atoms with Gasteiger partial charge < -0.3 is 27.9 Å². The summed E-state index contributed by atoms with van der Waals surface area (Å²) < 4.78 is 34.4. The van der Waals surface area contributed by atoms with Crippen LogP contribution in [0.15, 0.2) is 24.5 Å². The zero-order chi connectivity index (χ0) is 39.1. The first-order chi connectivity index (χ1) is 25.6. The van der Waals surface area contributed by atoms with Gasteiger partial charge in [0.1, 0.15) is 19.8 Å². The molecule has 0 aliphatic rings. The van der Waals surface area contributed by atoms with Crippen molar-refractivity contribution in [3.63, 3.8) is 0 Å². The fraction of sp³-hybridized carbons (Fsp3) is 0.886. The minimum absolute atomic E-state index is 0.0276. The third-order valence-electron chi connectivity index (χ3n) is 9.59. The molecule has 0 saturated heterocycles. The minimum atomic E-state index is -4.51. The molecule has 0 spiro atoms. The Morgan fingerprint density at radius 2 is 1.00 bits per heavy atom. The van der Waals surface area contributed by atoms with Crippen LogP contribution in [0.25, 0.3) is 0 Å². The van der Waals surface area contributed by atoms with Crippen LogP contribution in [0.2, 0.25) is 0 Å². The maximum atomic E-state index is 12.5. The summed E-state index contributed by atoms with van der Waals surface area (Å²) in [5, 5.41) is 0. The van der Waals surface area contributed by atoms with Crippen molar-refractivity contribution >= 4 is 13.8 Å². The molecular weight excluding hydrogens is 685 g/mol. The maximum Gasteiger partial charge on any atom is 0.305 e. The molecule has 0 saturated carbocycles. The van der Waals surface area contributed by atoms with E-state index in [9.17, 15) is 14.3 Å². The number of rotatable bonds is 41. The van der Waals surface area contributed by atoms with Crippen molar-refractivity contribution in [1.82, 2.24) is 0 Å². The lowest BCUT2D eigenvalue weighted by Crippen LogP contribution is -2.37. The van der Waals surface area contributed by atoms with Crippen molar-refractivity contribution in [2.75, 3.05) is 47.5 Å². The molecule has 0 amide bonds. The Morgan fingerprint density at radius 3 is 1.45 bits per heavy atom. The van der Waals surface area contributed by atoms with Gasteiger partial charge in [-0.3, -0.25) is 9.36 Å². The van der Waals surface area contributed by atoms with Gasteiger partial charge >= 0.3 is 5.97 Å². The van der Waals surface area contributed by atoms with Crippen LogP contribution in [0.3, 0.4) is 0 Å². The number of likely N-dealkylation sites (N-methyl/N-ethyl adjacent to an activating group) is 1. The van der Waals surface area contributed by atoms with Gasteiger partial charge in [0.05, 0.1) is 34.0 Å². The molecule has 0 N–H and O–H groups in total. The summed E-state index contributed by atoms with van der Waals surface area (Å²) in [4.78, 5) is 24.8. The van der Waals surface area contributed by atoms with E-state index >= 15 is 0 Å². The van der Waals surface area contributed by atoms with Crippen LogP contribution in [-0.2, 0) is 27.9 Å². The molecule has 0 bridgehead atoms. The third-order valence-corrected chi connectivity index (χ3v) is 10.6. The van der Waals surface area contributed by atoms with E-state index in [1.54, 1.807) is 6.26 Å². The molecule has 0 aliphatic heterocycles. The second kappa shape index (κ2) is 37.7. The van der Waals surface area contributed by atoms with Gasteiger partial charge in [-0.1, -0.05) is 161 Å². The molecule has 0 aromatic carbocycles. The monoisotopic (exact) mass is 772 g/mol. The fourth-order valence-corrected chi connectivity index (χ4v) is 6.78. The average molecular weight is 772 g/mol. The second-order valence-corrected chi connectivity index (χ2v) is 17.5. The van der Waals surface area contributed by atoms with Gasteiger partial charge in [-0.15, -0.1) is 0 Å². The van der Waals surface area contributed by atoms with Crippen molar-refractivity contribution in [2.45, 2.75) is 206 Å². The van der Waals surface area contributed by atoms with Crippen LogP contribution in [0.1, 0.15) is 200 Å². The maximum absolute atomic E-state index is 12.5. The fourth-order valence-electron chi connectivity index (χ4n) is 6.05. The molecule has 0 radical (unpaired) electrons. The van der Waals surface area contributed by atoms with E-state index in [0.717, 1.165) is 38.5 Å². The van der Waals surface area contributed by atoms with E-state index in [0.29, 0.717) is 17.4 Å². The lowest BCUT2D eigenvalue weighted by molar-refractivity contribution is -0.870. The van der Waals surface area contributed by atoms with E-state index < -0.39 is 13.9 Å². The lowest BCUT2D eigenvalue weighted by atomic mass is 10.0. The molecule has 0 aliphatic carbocycles. The molecule has 0 fully saturated rings. The number of phosphoric ester groups is 1. The molecule has 0 aromatic rings. The topological polar surface area (TPSA) is 94.1 Å². The molecular formula is C44H86NO7P. The van der Waals surface area contributed by atoms with E-state index in [1.165, 1.54) is 141 Å². The number of quaternary nitrogens is 1. The summed E-state index contributed by atoms with van der Waals surface area (Å²) in [6.45, 7) is 4.71. The van der Waals surface area contributed by atoms with Crippen molar-refractivity contribution in [1.29, 1.82) is 0 Å². The number of esters is 1. The molecule has 2 atom stereocenters. The van der Waals surface area contributed by atoms with E-state index in [4.69, 9.17) is 18.5 Å². The largest absolute Gasteiger partial charge is 0.756 e. The van der Waals surface area contributed by atoms with Crippen molar-refractivity contribution in [3.8, 4) is 0 Å². The quantitative estimate of drug-likeness (QED) is 0.0152. The van der Waals surface area contributed by atoms with Gasteiger partial charge in [-0.2, -0.15) is 0 Å². The highest BCUT2D eigenvalue weighted by Gasteiger charge is 2.19. The number of ether oxygens (including phenoxy) is 2. The van der Waals surface area contributed by atoms with Crippen LogP contribution in [-0.4, -0.2) is 64.1 Å². The Kier molecular flexibility index (Phi) is 36.9. The standard InChI is InChI=1S/C44H86NO7P/c1-6-8-10-12-14-16-18-20-22-24-26-28-30-32-34-36-39-49-43(42-52-53(47,48)51-40-38-45(3,4)5)41-50-44(46)37-35-33-31-29-27-25-23-21-19-17-15-13-11-9-7-2/h21,23,36,39,43H,6-20,22,24-35,37-38,40-42H2,1-5H3/b23-21-,39-36-. The van der Waals surface area contributed by atoms with Crippen molar-refractivity contribution < 1.29 is 37.3 Å². The van der Waals surface area contributed by atoms with Gasteiger partial charge in [-0.05, 0) is 51.0 Å². The van der Waals surface area contributed by atoms with Gasteiger partial charge in [0, 0.05) is 6.42 Å². The predicted molar refractivity (Wildman–Crippen MR) is 222 cm³/mol. The Bertz CT molecular complexity index is 905. The highest BCUT2D eigenvalue weighted by atomic mass is 31.2. The van der Waals surface area contributed by atoms with E-state index in [1.807, 2.05) is 27.2 Å². The summed E-state index contributed by atoms with van der Waals surface area (Å²) in [6, 6.07) is 0. The smallest absolute Gasteiger partial charge is 0.305 e. The molecule has 0 rings (SSSR count). The van der Waals surface area contributed by atoms with Crippen LogP contribution in [0.4, 0.5) is 0 Å². The number of hydrogen-bond acceptors (Lipinski definition) is 7. The van der Waals surface area contributed by atoms with Gasteiger partial charge in [0.15, 0.2) is 6.10 Å². The predicted octanol–water partition coefficient (Wildman–Crippen LogP) is 12.5. The molecule has 53 heavy (non-hydrogen) atoms. The Hall–Kier alpha value is -1.18. The van der Waals surface area contributed by atoms with Gasteiger partial charge in [0.2, 0.25) is 0 Å². The van der Waals surface area contributed by atoms with Crippen LogP contribution < -0.4 is 4.89 Å². The summed E-state index contributed by atoms with van der Waals surface area (Å²) in [5.74, 6) is -0.299.